The number of esters is 2. The predicted octanol–water partition coefficient (Wildman–Crippen LogP) is 28.5. The lowest BCUT2D eigenvalue weighted by molar-refractivity contribution is -0.870. The molecule has 0 fully saturated rings. The SMILES string of the molecule is CC/C=C\C/C=C\C/C=C\C/C=C\C/C=C\C/C=C\C/C=C\C/C=C\C/C=C\C/C=C\CCCCCCCCCCC(=O)OC(COC(=O)CCCCCCCCCCCCCCCCCCCCCCCCCCCCCCCCCCCCCCC)COP(=O)(O)OCC[N+](C)(C)C. The second-order valence-corrected chi connectivity index (χ2v) is 30.9. The van der Waals surface area contributed by atoms with Crippen molar-refractivity contribution in [2.75, 3.05) is 47.5 Å². The highest BCUT2D eigenvalue weighted by Gasteiger charge is 2.27. The number of rotatable bonds is 78. The topological polar surface area (TPSA) is 108 Å². The van der Waals surface area contributed by atoms with Crippen LogP contribution in [0.15, 0.2) is 122 Å². The first-order valence-electron chi connectivity index (χ1n) is 42.3. The molecule has 0 aliphatic carbocycles. The summed E-state index contributed by atoms with van der Waals surface area (Å²) in [5.74, 6) is -0.797. The summed E-state index contributed by atoms with van der Waals surface area (Å²) in [7, 11) is 1.47. The maximum atomic E-state index is 12.9. The van der Waals surface area contributed by atoms with Gasteiger partial charge in [-0.2, -0.15) is 0 Å². The summed E-state index contributed by atoms with van der Waals surface area (Å²) in [6, 6.07) is 0. The molecule has 9 nitrogen and oxygen atoms in total. The molecule has 0 aliphatic rings. The summed E-state index contributed by atoms with van der Waals surface area (Å²) in [6.45, 7) is 4.36. The van der Waals surface area contributed by atoms with Crippen LogP contribution in [-0.2, 0) is 32.7 Å². The monoisotopic (exact) mass is 1420 g/mol. The average Bonchev–Trinajstić information content (AvgIpc) is 1.07. The molecule has 0 rings (SSSR count). The summed E-state index contributed by atoms with van der Waals surface area (Å²) in [4.78, 5) is 36.0. The molecule has 0 heterocycles. The quantitative estimate of drug-likeness (QED) is 0.0211. The van der Waals surface area contributed by atoms with Crippen LogP contribution in [0.2, 0.25) is 0 Å². The largest absolute Gasteiger partial charge is 0.472 e. The summed E-state index contributed by atoms with van der Waals surface area (Å²) in [6.07, 6.45) is 115. The minimum Gasteiger partial charge on any atom is -0.462 e. The molecule has 578 valence electrons. The molecule has 0 spiro atoms. The number of quaternary nitrogens is 1. The van der Waals surface area contributed by atoms with E-state index in [9.17, 15) is 19.0 Å². The second-order valence-electron chi connectivity index (χ2n) is 29.5. The first kappa shape index (κ1) is 96.4. The highest BCUT2D eigenvalue weighted by atomic mass is 31.2. The molecular formula is C90H161NO8P+. The molecule has 0 saturated carbocycles. The van der Waals surface area contributed by atoms with Gasteiger partial charge in [-0.1, -0.05) is 405 Å². The number of allylic oxidation sites excluding steroid dienone is 20. The van der Waals surface area contributed by atoms with Crippen molar-refractivity contribution in [3.63, 3.8) is 0 Å². The molecule has 10 heteroatoms. The molecule has 0 radical (unpaired) electrons. The van der Waals surface area contributed by atoms with Gasteiger partial charge in [-0.3, -0.25) is 18.6 Å². The van der Waals surface area contributed by atoms with E-state index in [0.717, 1.165) is 109 Å². The van der Waals surface area contributed by atoms with Gasteiger partial charge in [-0.25, -0.2) is 4.57 Å². The standard InChI is InChI=1S/C90H160NO8P/c1-6-8-10-12-14-16-18-20-22-24-26-28-30-32-34-36-38-40-42-44-45-47-49-51-53-55-57-59-61-63-65-67-69-71-73-75-77-79-81-83-90(93)99-88(87-98-100(94,95)97-85-84-91(3,4)5)86-96-89(92)82-80-78-76-74-72-70-68-66-64-62-60-58-56-54-52-50-48-46-43-41-39-37-35-33-31-29-27-25-23-21-19-17-15-13-11-9-7-2/h8,10,14,16,20,22,26,28,32,34,38,40,44-45,49,51,55,57,61,63,88H,6-7,9,11-13,15,17-19,21,23-25,27,29-31,33,35-37,39,41-43,46-48,50,52-54,56,58-60,62,64-87H2,1-5H3/p+1/b10-8-,16-14-,22-20-,28-26-,34-32-,40-38-,45-44-,51-49-,57-55-,63-61-. The maximum Gasteiger partial charge on any atom is 0.472 e. The molecule has 0 aliphatic heterocycles. The van der Waals surface area contributed by atoms with Gasteiger partial charge in [0.05, 0.1) is 27.7 Å². The number of nitrogens with zero attached hydrogens (tertiary/aromatic N) is 1. The van der Waals surface area contributed by atoms with Crippen molar-refractivity contribution in [1.82, 2.24) is 0 Å². The Morgan fingerprint density at radius 1 is 0.320 bits per heavy atom. The zero-order valence-corrected chi connectivity index (χ0v) is 67.1. The van der Waals surface area contributed by atoms with Crippen molar-refractivity contribution in [2.24, 2.45) is 0 Å². The zero-order valence-electron chi connectivity index (χ0n) is 66.2. The Hall–Kier alpha value is -3.59. The van der Waals surface area contributed by atoms with E-state index in [0.29, 0.717) is 17.4 Å². The van der Waals surface area contributed by atoms with Gasteiger partial charge in [-0.05, 0) is 89.9 Å². The lowest BCUT2D eigenvalue weighted by Crippen LogP contribution is -2.37. The number of carbonyl (C=O) groups is 2. The lowest BCUT2D eigenvalue weighted by atomic mass is 10.0. The number of hydrogen-bond donors (Lipinski definition) is 1. The minimum absolute atomic E-state index is 0.0264. The van der Waals surface area contributed by atoms with E-state index in [1.807, 2.05) is 21.1 Å². The van der Waals surface area contributed by atoms with Crippen molar-refractivity contribution < 1.29 is 42.1 Å². The van der Waals surface area contributed by atoms with Crippen LogP contribution in [0.3, 0.4) is 0 Å². The van der Waals surface area contributed by atoms with Crippen LogP contribution in [0.25, 0.3) is 0 Å². The Labute approximate surface area is 619 Å². The third kappa shape index (κ3) is 83.4. The third-order valence-corrected chi connectivity index (χ3v) is 19.5. The molecule has 1 N–H and O–H groups in total. The van der Waals surface area contributed by atoms with Crippen molar-refractivity contribution in [3.05, 3.63) is 122 Å². The summed E-state index contributed by atoms with van der Waals surface area (Å²) < 4.78 is 34.8. The summed E-state index contributed by atoms with van der Waals surface area (Å²) >= 11 is 0. The van der Waals surface area contributed by atoms with Crippen LogP contribution in [0.5, 0.6) is 0 Å². The second kappa shape index (κ2) is 79.5. The van der Waals surface area contributed by atoms with E-state index in [-0.39, 0.29) is 32.0 Å². The number of carbonyl (C=O) groups excluding carboxylic acids is 2. The Morgan fingerprint density at radius 2 is 0.570 bits per heavy atom. The van der Waals surface area contributed by atoms with Gasteiger partial charge in [0, 0.05) is 12.8 Å². The van der Waals surface area contributed by atoms with Gasteiger partial charge < -0.3 is 18.9 Å². The molecule has 0 aromatic rings. The molecule has 2 unspecified atom stereocenters. The van der Waals surface area contributed by atoms with Crippen LogP contribution >= 0.6 is 7.82 Å². The van der Waals surface area contributed by atoms with Crippen LogP contribution in [0, 0.1) is 0 Å². The van der Waals surface area contributed by atoms with Gasteiger partial charge in [0.15, 0.2) is 6.10 Å². The normalized spacial score (nSPS) is 13.6. The molecule has 0 saturated heterocycles. The van der Waals surface area contributed by atoms with Crippen molar-refractivity contribution in [2.45, 2.75) is 392 Å². The number of likely N-dealkylation sites (N-methyl/N-ethyl adjacent to an activating group) is 1. The highest BCUT2D eigenvalue weighted by Crippen LogP contribution is 2.43. The van der Waals surface area contributed by atoms with E-state index in [4.69, 9.17) is 18.5 Å². The minimum atomic E-state index is -4.41. The fourth-order valence-corrected chi connectivity index (χ4v) is 12.9. The van der Waals surface area contributed by atoms with Crippen molar-refractivity contribution in [3.8, 4) is 0 Å². The van der Waals surface area contributed by atoms with Crippen LogP contribution in [0.1, 0.15) is 386 Å². The van der Waals surface area contributed by atoms with Gasteiger partial charge in [0.1, 0.15) is 19.8 Å². The van der Waals surface area contributed by atoms with E-state index in [1.165, 1.54) is 244 Å². The Kier molecular flexibility index (Phi) is 76.7. The molecule has 0 aromatic carbocycles. The lowest BCUT2D eigenvalue weighted by Gasteiger charge is -2.24. The number of phosphoric ester groups is 1. The fourth-order valence-electron chi connectivity index (χ4n) is 12.1. The van der Waals surface area contributed by atoms with Crippen LogP contribution in [-0.4, -0.2) is 74.9 Å². The fraction of sp³-hybridized carbons (Fsp3) is 0.756. The summed E-state index contributed by atoms with van der Waals surface area (Å²) in [5, 5.41) is 0. The molecule has 0 amide bonds. The van der Waals surface area contributed by atoms with Gasteiger partial charge in [-0.15, -0.1) is 0 Å². The van der Waals surface area contributed by atoms with E-state index in [1.54, 1.807) is 0 Å². The summed E-state index contributed by atoms with van der Waals surface area (Å²) in [5.41, 5.74) is 0. The van der Waals surface area contributed by atoms with Crippen molar-refractivity contribution >= 4 is 19.8 Å². The first-order chi connectivity index (χ1) is 49.0. The highest BCUT2D eigenvalue weighted by molar-refractivity contribution is 7.47. The van der Waals surface area contributed by atoms with E-state index < -0.39 is 26.5 Å². The maximum absolute atomic E-state index is 12.9. The Balaban J connectivity index is 3.98. The Bertz CT molecular complexity index is 2110. The van der Waals surface area contributed by atoms with Gasteiger partial charge in [0.25, 0.3) is 0 Å². The van der Waals surface area contributed by atoms with Gasteiger partial charge in [0.2, 0.25) is 0 Å². The molecule has 2 atom stereocenters. The van der Waals surface area contributed by atoms with Crippen LogP contribution < -0.4 is 0 Å². The number of hydrogen-bond acceptors (Lipinski definition) is 7. The average molecular weight is 1420 g/mol. The van der Waals surface area contributed by atoms with E-state index in [2.05, 4.69) is 135 Å². The van der Waals surface area contributed by atoms with Gasteiger partial charge >= 0.3 is 19.8 Å². The smallest absolute Gasteiger partial charge is 0.462 e. The first-order valence-corrected chi connectivity index (χ1v) is 43.8. The molecule has 100 heavy (non-hydrogen) atoms. The Morgan fingerprint density at radius 3 is 0.850 bits per heavy atom. The molecule has 0 aromatic heterocycles. The number of unbranched alkanes of at least 4 members (excludes halogenated alkanes) is 44. The number of phosphoric acid groups is 1. The predicted molar refractivity (Wildman–Crippen MR) is 436 cm³/mol. The molecule has 0 bridgehead atoms. The number of ether oxygens (including phenoxy) is 2. The van der Waals surface area contributed by atoms with Crippen LogP contribution in [0.4, 0.5) is 0 Å². The zero-order chi connectivity index (χ0) is 72.5. The third-order valence-electron chi connectivity index (χ3n) is 18.5. The van der Waals surface area contributed by atoms with Crippen molar-refractivity contribution in [1.29, 1.82) is 0 Å². The van der Waals surface area contributed by atoms with E-state index >= 15 is 0 Å². The molecular weight excluding hydrogens is 1250 g/mol.